The second kappa shape index (κ2) is 7.12. The van der Waals surface area contributed by atoms with Crippen LogP contribution in [0, 0.1) is 0 Å². The molecule has 1 amide bonds. The van der Waals surface area contributed by atoms with Crippen LogP contribution < -0.4 is 14.8 Å². The summed E-state index contributed by atoms with van der Waals surface area (Å²) in [6.45, 7) is 0.499. The fraction of sp³-hybridized carbons (Fsp3) is 0.286. The Morgan fingerprint density at radius 3 is 2.81 bits per heavy atom. The summed E-state index contributed by atoms with van der Waals surface area (Å²) in [7, 11) is 3.07. The number of hydrogen-bond donors (Lipinski definition) is 2. The molecule has 0 radical (unpaired) electrons. The number of hydrogen-bond acceptors (Lipinski definition) is 4. The van der Waals surface area contributed by atoms with Gasteiger partial charge < -0.3 is 19.8 Å². The molecule has 2 aromatic rings. The maximum Gasteiger partial charge on any atom is 0.255 e. The minimum atomic E-state index is -0.217. The third-order valence-electron chi connectivity index (χ3n) is 2.94. The summed E-state index contributed by atoms with van der Waals surface area (Å²) in [4.78, 5) is 19.2. The number of aromatic nitrogens is 2. The fourth-order valence-electron chi connectivity index (χ4n) is 1.89. The van der Waals surface area contributed by atoms with E-state index in [1.165, 1.54) is 7.11 Å². The zero-order valence-electron chi connectivity index (χ0n) is 11.8. The summed E-state index contributed by atoms with van der Waals surface area (Å²) in [6, 6.07) is 3.40. The maximum absolute atomic E-state index is 12.3. The first-order valence-electron chi connectivity index (χ1n) is 6.32. The van der Waals surface area contributed by atoms with Crippen LogP contribution in [0.3, 0.4) is 0 Å². The molecule has 2 rings (SSSR count). The molecule has 0 saturated heterocycles. The first-order chi connectivity index (χ1) is 10.2. The molecule has 1 heterocycles. The van der Waals surface area contributed by atoms with Crippen LogP contribution in [0.2, 0.25) is 0 Å². The van der Waals surface area contributed by atoms with Crippen LogP contribution >= 0.6 is 15.9 Å². The van der Waals surface area contributed by atoms with Crippen molar-refractivity contribution in [1.82, 2.24) is 15.3 Å². The summed E-state index contributed by atoms with van der Waals surface area (Å²) >= 11 is 3.37. The van der Waals surface area contributed by atoms with Gasteiger partial charge in [0.15, 0.2) is 0 Å². The number of halogens is 1. The van der Waals surface area contributed by atoms with Crippen LogP contribution in [-0.4, -0.2) is 36.6 Å². The lowest BCUT2D eigenvalue weighted by atomic mass is 10.1. The highest BCUT2D eigenvalue weighted by Gasteiger charge is 2.17. The molecule has 0 spiro atoms. The minimum absolute atomic E-state index is 0.217. The average molecular weight is 354 g/mol. The molecule has 0 bridgehead atoms. The monoisotopic (exact) mass is 353 g/mol. The molecule has 2 N–H and O–H groups in total. The van der Waals surface area contributed by atoms with Crippen molar-refractivity contribution in [3.8, 4) is 11.5 Å². The Balaban J connectivity index is 2.08. The second-order valence-corrected chi connectivity index (χ2v) is 5.13. The number of H-pyrrole nitrogens is 1. The van der Waals surface area contributed by atoms with Gasteiger partial charge in [-0.1, -0.05) is 0 Å². The lowest BCUT2D eigenvalue weighted by molar-refractivity contribution is 0.0950. The van der Waals surface area contributed by atoms with E-state index in [0.29, 0.717) is 34.5 Å². The van der Waals surface area contributed by atoms with Gasteiger partial charge in [-0.05, 0) is 28.1 Å². The number of carbonyl (C=O) groups excluding carboxylic acids is 1. The van der Waals surface area contributed by atoms with Gasteiger partial charge in [-0.2, -0.15) is 0 Å². The van der Waals surface area contributed by atoms with Crippen LogP contribution in [0.1, 0.15) is 16.1 Å². The van der Waals surface area contributed by atoms with E-state index in [4.69, 9.17) is 9.47 Å². The highest BCUT2D eigenvalue weighted by molar-refractivity contribution is 9.10. The number of benzene rings is 1. The van der Waals surface area contributed by atoms with Crippen molar-refractivity contribution in [2.24, 2.45) is 0 Å². The molecule has 0 aliphatic heterocycles. The maximum atomic E-state index is 12.3. The fourth-order valence-corrected chi connectivity index (χ4v) is 2.49. The molecule has 0 atom stereocenters. The Bertz CT molecular complexity index is 614. The minimum Gasteiger partial charge on any atom is -0.497 e. The molecule has 0 saturated carbocycles. The molecule has 112 valence electrons. The van der Waals surface area contributed by atoms with Crippen LogP contribution in [0.5, 0.6) is 11.5 Å². The Labute approximate surface area is 131 Å². The van der Waals surface area contributed by atoms with Gasteiger partial charge in [-0.3, -0.25) is 4.79 Å². The van der Waals surface area contributed by atoms with E-state index in [1.807, 2.05) is 0 Å². The number of methoxy groups -OCH3 is 2. The third kappa shape index (κ3) is 3.75. The first-order valence-corrected chi connectivity index (χ1v) is 7.12. The highest BCUT2D eigenvalue weighted by Crippen LogP contribution is 2.33. The Kier molecular flexibility index (Phi) is 5.21. The van der Waals surface area contributed by atoms with Crippen LogP contribution in [0.25, 0.3) is 0 Å². The zero-order valence-corrected chi connectivity index (χ0v) is 13.4. The first kappa shape index (κ1) is 15.4. The standard InChI is InChI=1S/C14H16BrN3O3/c1-20-10-5-11(13(21-2)12(15)6-10)14(19)17-4-3-9-7-16-8-18-9/h5-8H,3-4H2,1-2H3,(H,16,18)(H,17,19). The summed E-state index contributed by atoms with van der Waals surface area (Å²) < 4.78 is 11.1. The molecule has 6 nitrogen and oxygen atoms in total. The van der Waals surface area contributed by atoms with Gasteiger partial charge in [0.05, 0.1) is 30.6 Å². The molecular formula is C14H16BrN3O3. The van der Waals surface area contributed by atoms with E-state index < -0.39 is 0 Å². The van der Waals surface area contributed by atoms with Crippen LogP contribution in [-0.2, 0) is 6.42 Å². The quantitative estimate of drug-likeness (QED) is 0.834. The highest BCUT2D eigenvalue weighted by atomic mass is 79.9. The van der Waals surface area contributed by atoms with Gasteiger partial charge in [0, 0.05) is 24.9 Å². The summed E-state index contributed by atoms with van der Waals surface area (Å²) in [6.07, 6.45) is 4.02. The lowest BCUT2D eigenvalue weighted by Gasteiger charge is -2.12. The zero-order chi connectivity index (χ0) is 15.2. The van der Waals surface area contributed by atoms with E-state index in [9.17, 15) is 4.79 Å². The molecule has 0 fully saturated rings. The number of aromatic amines is 1. The topological polar surface area (TPSA) is 76.2 Å². The average Bonchev–Trinajstić information content (AvgIpc) is 2.99. The number of rotatable bonds is 6. The van der Waals surface area contributed by atoms with Crippen molar-refractivity contribution in [2.45, 2.75) is 6.42 Å². The number of ether oxygens (including phenoxy) is 2. The number of nitrogens with zero attached hydrogens (tertiary/aromatic N) is 1. The van der Waals surface area contributed by atoms with Crippen LogP contribution in [0.15, 0.2) is 29.1 Å². The SMILES string of the molecule is COc1cc(Br)c(OC)c(C(=O)NCCc2cnc[nH]2)c1. The van der Waals surface area contributed by atoms with Gasteiger partial charge in [0.1, 0.15) is 11.5 Å². The second-order valence-electron chi connectivity index (χ2n) is 4.27. The van der Waals surface area contributed by atoms with E-state index in [1.54, 1.807) is 31.8 Å². The number of nitrogens with one attached hydrogen (secondary N) is 2. The summed E-state index contributed by atoms with van der Waals surface area (Å²) in [5, 5.41) is 2.85. The van der Waals surface area contributed by atoms with Gasteiger partial charge in [0.25, 0.3) is 5.91 Å². The molecule has 7 heteroatoms. The lowest BCUT2D eigenvalue weighted by Crippen LogP contribution is -2.26. The smallest absolute Gasteiger partial charge is 0.255 e. The Morgan fingerprint density at radius 1 is 1.38 bits per heavy atom. The number of carbonyl (C=O) groups is 1. The largest absolute Gasteiger partial charge is 0.497 e. The normalized spacial score (nSPS) is 10.2. The third-order valence-corrected chi connectivity index (χ3v) is 3.53. The molecule has 21 heavy (non-hydrogen) atoms. The molecule has 0 aliphatic carbocycles. The van der Waals surface area contributed by atoms with E-state index in [-0.39, 0.29) is 5.91 Å². The van der Waals surface area contributed by atoms with Crippen molar-refractivity contribution in [2.75, 3.05) is 20.8 Å². The molecule has 1 aromatic heterocycles. The van der Waals surface area contributed by atoms with Gasteiger partial charge >= 0.3 is 0 Å². The van der Waals surface area contributed by atoms with Crippen LogP contribution in [0.4, 0.5) is 0 Å². The Morgan fingerprint density at radius 2 is 2.19 bits per heavy atom. The van der Waals surface area contributed by atoms with Crippen molar-refractivity contribution in [3.63, 3.8) is 0 Å². The molecular weight excluding hydrogens is 338 g/mol. The molecule has 0 unspecified atom stereocenters. The Hall–Kier alpha value is -2.02. The van der Waals surface area contributed by atoms with E-state index in [0.717, 1.165) is 5.69 Å². The molecule has 1 aromatic carbocycles. The predicted octanol–water partition coefficient (Wildman–Crippen LogP) is 2.16. The van der Waals surface area contributed by atoms with Crippen molar-refractivity contribution in [3.05, 3.63) is 40.4 Å². The van der Waals surface area contributed by atoms with Crippen molar-refractivity contribution >= 4 is 21.8 Å². The van der Waals surface area contributed by atoms with Crippen molar-refractivity contribution < 1.29 is 14.3 Å². The van der Waals surface area contributed by atoms with Gasteiger partial charge in [-0.25, -0.2) is 4.98 Å². The number of amides is 1. The molecule has 0 aliphatic rings. The van der Waals surface area contributed by atoms with E-state index >= 15 is 0 Å². The van der Waals surface area contributed by atoms with Crippen molar-refractivity contribution in [1.29, 1.82) is 0 Å². The van der Waals surface area contributed by atoms with Gasteiger partial charge in [-0.15, -0.1) is 0 Å². The summed E-state index contributed by atoms with van der Waals surface area (Å²) in [5.41, 5.74) is 1.39. The van der Waals surface area contributed by atoms with Gasteiger partial charge in [0.2, 0.25) is 0 Å². The van der Waals surface area contributed by atoms with E-state index in [2.05, 4.69) is 31.2 Å². The number of imidazole rings is 1. The predicted molar refractivity (Wildman–Crippen MR) is 81.9 cm³/mol. The summed E-state index contributed by atoms with van der Waals surface area (Å²) in [5.74, 6) is 0.849.